The number of hydrogen-bond donors (Lipinski definition) is 1. The van der Waals surface area contributed by atoms with Gasteiger partial charge in [0.05, 0.1) is 18.6 Å². The summed E-state index contributed by atoms with van der Waals surface area (Å²) in [6.07, 6.45) is 1.67. The Morgan fingerprint density at radius 2 is 2.28 bits per heavy atom. The van der Waals surface area contributed by atoms with Crippen LogP contribution in [0.15, 0.2) is 0 Å². The Morgan fingerprint density at radius 1 is 1.50 bits per heavy atom. The number of nitrogens with zero attached hydrogens (tertiary/aromatic N) is 1. The monoisotopic (exact) mass is 254 g/mol. The Balaban J connectivity index is 1.85. The van der Waals surface area contributed by atoms with Gasteiger partial charge in [-0.1, -0.05) is 0 Å². The predicted octanol–water partition coefficient (Wildman–Crippen LogP) is 0.0500. The molecule has 0 aromatic rings. The van der Waals surface area contributed by atoms with Crippen molar-refractivity contribution in [3.63, 3.8) is 0 Å². The molecular formula is C13H22N2O3. The van der Waals surface area contributed by atoms with Crippen LogP contribution in [0.4, 0.5) is 0 Å². The van der Waals surface area contributed by atoms with Gasteiger partial charge in [0.25, 0.3) is 0 Å². The summed E-state index contributed by atoms with van der Waals surface area (Å²) in [5.41, 5.74) is -0.346. The van der Waals surface area contributed by atoms with E-state index < -0.39 is 0 Å². The first-order valence-electron chi connectivity index (χ1n) is 6.60. The van der Waals surface area contributed by atoms with Crippen molar-refractivity contribution in [1.29, 1.82) is 0 Å². The average Bonchev–Trinajstić information content (AvgIpc) is 2.98. The molecule has 0 radical (unpaired) electrons. The third-order valence-electron chi connectivity index (χ3n) is 4.09. The van der Waals surface area contributed by atoms with E-state index in [1.807, 2.05) is 6.92 Å². The fraction of sp³-hybridized carbons (Fsp3) is 0.846. The number of carbonyl (C=O) groups excluding carboxylic acids is 2. The van der Waals surface area contributed by atoms with Gasteiger partial charge in [-0.15, -0.1) is 0 Å². The second-order valence-electron chi connectivity index (χ2n) is 5.63. The van der Waals surface area contributed by atoms with Crippen molar-refractivity contribution < 1.29 is 14.3 Å². The smallest absolute Gasteiger partial charge is 0.227 e. The lowest BCUT2D eigenvalue weighted by atomic mass is 9.89. The number of ether oxygens (including phenoxy) is 1. The van der Waals surface area contributed by atoms with E-state index >= 15 is 0 Å². The first-order valence-corrected chi connectivity index (χ1v) is 6.60. The Morgan fingerprint density at radius 3 is 2.89 bits per heavy atom. The Bertz CT molecular complexity index is 339. The van der Waals surface area contributed by atoms with Crippen LogP contribution >= 0.6 is 0 Å². The van der Waals surface area contributed by atoms with Crippen LogP contribution in [0.2, 0.25) is 0 Å². The summed E-state index contributed by atoms with van der Waals surface area (Å²) in [4.78, 5) is 25.9. The maximum Gasteiger partial charge on any atom is 0.227 e. The summed E-state index contributed by atoms with van der Waals surface area (Å²) in [7, 11) is 1.66. The lowest BCUT2D eigenvalue weighted by Crippen LogP contribution is -2.40. The molecule has 2 saturated heterocycles. The zero-order chi connectivity index (χ0) is 13.2. The van der Waals surface area contributed by atoms with Gasteiger partial charge >= 0.3 is 0 Å². The van der Waals surface area contributed by atoms with Crippen LogP contribution in [0.25, 0.3) is 0 Å². The number of hydrogen-bond acceptors (Lipinski definition) is 4. The van der Waals surface area contributed by atoms with Gasteiger partial charge in [-0.3, -0.25) is 14.5 Å². The van der Waals surface area contributed by atoms with E-state index in [1.165, 1.54) is 0 Å². The quantitative estimate of drug-likeness (QED) is 0.770. The summed E-state index contributed by atoms with van der Waals surface area (Å²) in [6, 6.07) is 0. The average molecular weight is 254 g/mol. The molecule has 0 aromatic heterocycles. The molecule has 5 heteroatoms. The van der Waals surface area contributed by atoms with Crippen LogP contribution in [-0.2, 0) is 14.3 Å². The summed E-state index contributed by atoms with van der Waals surface area (Å²) in [6.45, 7) is 5.19. The number of nitrogens with one attached hydrogen (secondary N) is 1. The summed E-state index contributed by atoms with van der Waals surface area (Å²) in [5.74, 6) is 0.396. The highest BCUT2D eigenvalue weighted by Gasteiger charge is 2.40. The highest BCUT2D eigenvalue weighted by atomic mass is 16.5. The van der Waals surface area contributed by atoms with Crippen LogP contribution < -0.4 is 5.32 Å². The van der Waals surface area contributed by atoms with Crippen molar-refractivity contribution >= 4 is 11.7 Å². The Labute approximate surface area is 108 Å². The Kier molecular flexibility index (Phi) is 4.02. The van der Waals surface area contributed by atoms with Crippen molar-refractivity contribution in [3.05, 3.63) is 0 Å². The fourth-order valence-corrected chi connectivity index (χ4v) is 2.82. The third kappa shape index (κ3) is 2.72. The third-order valence-corrected chi connectivity index (χ3v) is 4.09. The minimum atomic E-state index is -0.346. The fourth-order valence-electron chi connectivity index (χ4n) is 2.82. The molecule has 18 heavy (non-hydrogen) atoms. The minimum Gasteiger partial charge on any atom is -0.381 e. The van der Waals surface area contributed by atoms with Gasteiger partial charge in [0, 0.05) is 26.1 Å². The molecule has 2 rings (SSSR count). The number of carbonyl (C=O) groups is 2. The zero-order valence-electron chi connectivity index (χ0n) is 11.2. The molecule has 2 aliphatic heterocycles. The molecule has 102 valence electrons. The SMILES string of the molecule is CNC(=O)C1(C)CCN(CC(=O)C2CCOC2)C1. The van der Waals surface area contributed by atoms with Crippen molar-refractivity contribution in [2.75, 3.05) is 39.9 Å². The molecule has 0 spiro atoms. The zero-order valence-corrected chi connectivity index (χ0v) is 11.2. The number of Topliss-reactive ketones (excluding diaryl/α,β-unsaturated/α-hetero) is 1. The van der Waals surface area contributed by atoms with Crippen molar-refractivity contribution in [2.24, 2.45) is 11.3 Å². The lowest BCUT2D eigenvalue weighted by molar-refractivity contribution is -0.130. The number of rotatable bonds is 4. The van der Waals surface area contributed by atoms with E-state index in [4.69, 9.17) is 4.74 Å². The van der Waals surface area contributed by atoms with Crippen LogP contribution in [-0.4, -0.2) is 56.5 Å². The Hall–Kier alpha value is -0.940. The topological polar surface area (TPSA) is 58.6 Å². The summed E-state index contributed by atoms with van der Waals surface area (Å²) < 4.78 is 5.24. The second kappa shape index (κ2) is 5.36. The standard InChI is InChI=1S/C13H22N2O3/c1-13(12(17)14-2)4-5-15(9-13)7-11(16)10-3-6-18-8-10/h10H,3-9H2,1-2H3,(H,14,17). The van der Waals surface area contributed by atoms with Crippen molar-refractivity contribution in [1.82, 2.24) is 10.2 Å². The van der Waals surface area contributed by atoms with Gasteiger partial charge in [-0.2, -0.15) is 0 Å². The van der Waals surface area contributed by atoms with Crippen LogP contribution in [0.3, 0.4) is 0 Å². The summed E-state index contributed by atoms with van der Waals surface area (Å²) >= 11 is 0. The molecule has 0 bridgehead atoms. The first-order chi connectivity index (χ1) is 8.55. The molecule has 2 atom stereocenters. The molecule has 0 aliphatic carbocycles. The summed E-state index contributed by atoms with van der Waals surface area (Å²) in [5, 5.41) is 2.71. The normalized spacial score (nSPS) is 32.7. The molecule has 1 N–H and O–H groups in total. The maximum absolute atomic E-state index is 12.0. The van der Waals surface area contributed by atoms with Crippen molar-refractivity contribution in [2.45, 2.75) is 19.8 Å². The van der Waals surface area contributed by atoms with Crippen molar-refractivity contribution in [3.8, 4) is 0 Å². The van der Waals surface area contributed by atoms with E-state index in [2.05, 4.69) is 10.2 Å². The van der Waals surface area contributed by atoms with Crippen LogP contribution in [0.1, 0.15) is 19.8 Å². The molecule has 2 unspecified atom stereocenters. The van der Waals surface area contributed by atoms with E-state index in [1.54, 1.807) is 7.05 Å². The van der Waals surface area contributed by atoms with Gasteiger partial charge in [0.15, 0.2) is 5.78 Å². The number of likely N-dealkylation sites (tertiary alicyclic amines) is 1. The number of amides is 1. The molecular weight excluding hydrogens is 232 g/mol. The highest BCUT2D eigenvalue weighted by molar-refractivity contribution is 5.84. The molecule has 2 heterocycles. The first kappa shape index (κ1) is 13.5. The minimum absolute atomic E-state index is 0.0665. The van der Waals surface area contributed by atoms with Gasteiger partial charge in [0.1, 0.15) is 0 Å². The number of ketones is 1. The highest BCUT2D eigenvalue weighted by Crippen LogP contribution is 2.30. The molecule has 5 nitrogen and oxygen atoms in total. The van der Waals surface area contributed by atoms with Gasteiger partial charge < -0.3 is 10.1 Å². The van der Waals surface area contributed by atoms with Gasteiger partial charge in [0.2, 0.25) is 5.91 Å². The molecule has 2 fully saturated rings. The van der Waals surface area contributed by atoms with Gasteiger partial charge in [-0.25, -0.2) is 0 Å². The predicted molar refractivity (Wildman–Crippen MR) is 67.2 cm³/mol. The maximum atomic E-state index is 12.0. The van der Waals surface area contributed by atoms with Crippen LogP contribution in [0.5, 0.6) is 0 Å². The van der Waals surface area contributed by atoms with E-state index in [9.17, 15) is 9.59 Å². The lowest BCUT2D eigenvalue weighted by Gasteiger charge is -2.22. The molecule has 0 saturated carbocycles. The second-order valence-corrected chi connectivity index (χ2v) is 5.63. The van der Waals surface area contributed by atoms with Crippen LogP contribution in [0, 0.1) is 11.3 Å². The molecule has 1 amide bonds. The molecule has 0 aromatic carbocycles. The molecule has 2 aliphatic rings. The van der Waals surface area contributed by atoms with Gasteiger partial charge in [-0.05, 0) is 26.3 Å². The largest absolute Gasteiger partial charge is 0.381 e. The van der Waals surface area contributed by atoms with E-state index in [0.29, 0.717) is 26.3 Å². The van der Waals surface area contributed by atoms with E-state index in [-0.39, 0.29) is 23.0 Å². The van der Waals surface area contributed by atoms with E-state index in [0.717, 1.165) is 19.4 Å².